The number of nitro benzene ring substituents is 1. The van der Waals surface area contributed by atoms with Gasteiger partial charge in [-0.1, -0.05) is 36.4 Å². The van der Waals surface area contributed by atoms with Gasteiger partial charge in [0, 0.05) is 23.6 Å². The van der Waals surface area contributed by atoms with Crippen molar-refractivity contribution in [1.29, 1.82) is 0 Å². The number of nitrogens with zero attached hydrogens (tertiary/aromatic N) is 1. The Morgan fingerprint density at radius 3 is 2.62 bits per heavy atom. The lowest BCUT2D eigenvalue weighted by Gasteiger charge is -2.05. The topological polar surface area (TPSA) is 72.2 Å². The number of anilines is 1. The molecule has 0 saturated heterocycles. The molecule has 0 aromatic heterocycles. The number of amides is 1. The van der Waals surface area contributed by atoms with E-state index in [4.69, 9.17) is 0 Å². The fourth-order valence-corrected chi connectivity index (χ4v) is 2.52. The molecule has 0 aliphatic heterocycles. The average Bonchev–Trinajstić information content (AvgIpc) is 2.48. The van der Waals surface area contributed by atoms with E-state index in [-0.39, 0.29) is 11.6 Å². The fraction of sp³-hybridized carbons (Fsp3) is 0.133. The molecule has 0 aliphatic carbocycles. The molecule has 0 spiro atoms. The molecule has 21 heavy (non-hydrogen) atoms. The standard InChI is InChI=1S/C15H14N2O3S/c18-15(11-21-10-12-5-2-1-3-6-12)16-13-7-4-8-14(9-13)17(19)20/h1-9H,10-11H2,(H,16,18). The maximum Gasteiger partial charge on any atom is 0.271 e. The Bertz CT molecular complexity index is 632. The number of carbonyl (C=O) groups excluding carboxylic acids is 1. The first-order valence-electron chi connectivity index (χ1n) is 6.31. The van der Waals surface area contributed by atoms with Crippen LogP contribution < -0.4 is 5.32 Å². The summed E-state index contributed by atoms with van der Waals surface area (Å²) in [6, 6.07) is 15.8. The second-order valence-electron chi connectivity index (χ2n) is 4.33. The van der Waals surface area contributed by atoms with E-state index in [1.54, 1.807) is 12.1 Å². The van der Waals surface area contributed by atoms with Crippen molar-refractivity contribution in [2.24, 2.45) is 0 Å². The third-order valence-corrected chi connectivity index (χ3v) is 3.69. The molecular formula is C15H14N2O3S. The first-order chi connectivity index (χ1) is 10.1. The van der Waals surface area contributed by atoms with Gasteiger partial charge in [0.1, 0.15) is 0 Å². The highest BCUT2D eigenvalue weighted by Crippen LogP contribution is 2.18. The maximum atomic E-state index is 11.8. The summed E-state index contributed by atoms with van der Waals surface area (Å²) in [5, 5.41) is 13.3. The predicted octanol–water partition coefficient (Wildman–Crippen LogP) is 3.47. The third kappa shape index (κ3) is 4.92. The van der Waals surface area contributed by atoms with E-state index < -0.39 is 4.92 Å². The minimum Gasteiger partial charge on any atom is -0.325 e. The van der Waals surface area contributed by atoms with E-state index in [1.165, 1.54) is 23.9 Å². The van der Waals surface area contributed by atoms with Gasteiger partial charge in [0.25, 0.3) is 5.69 Å². The Morgan fingerprint density at radius 2 is 1.90 bits per heavy atom. The second kappa shape index (κ2) is 7.44. The van der Waals surface area contributed by atoms with E-state index >= 15 is 0 Å². The van der Waals surface area contributed by atoms with Crippen LogP contribution in [0.1, 0.15) is 5.56 Å². The molecular weight excluding hydrogens is 288 g/mol. The third-order valence-electron chi connectivity index (χ3n) is 2.69. The van der Waals surface area contributed by atoms with Crippen molar-refractivity contribution in [2.45, 2.75) is 5.75 Å². The number of non-ortho nitro benzene ring substituents is 1. The number of nitro groups is 1. The van der Waals surface area contributed by atoms with Gasteiger partial charge in [-0.15, -0.1) is 11.8 Å². The largest absolute Gasteiger partial charge is 0.325 e. The fourth-order valence-electron chi connectivity index (χ4n) is 1.73. The smallest absolute Gasteiger partial charge is 0.271 e. The van der Waals surface area contributed by atoms with Crippen LogP contribution in [-0.2, 0) is 10.5 Å². The summed E-state index contributed by atoms with van der Waals surface area (Å²) in [5.41, 5.74) is 1.56. The van der Waals surface area contributed by atoms with E-state index in [0.717, 1.165) is 11.3 Å². The van der Waals surface area contributed by atoms with E-state index in [0.29, 0.717) is 11.4 Å². The SMILES string of the molecule is O=C(CSCc1ccccc1)Nc1cccc([N+](=O)[O-])c1. The molecule has 0 atom stereocenters. The van der Waals surface area contributed by atoms with E-state index in [9.17, 15) is 14.9 Å². The summed E-state index contributed by atoms with van der Waals surface area (Å²) in [6.45, 7) is 0. The quantitative estimate of drug-likeness (QED) is 0.655. The normalized spacial score (nSPS) is 10.1. The zero-order valence-electron chi connectivity index (χ0n) is 11.2. The monoisotopic (exact) mass is 302 g/mol. The van der Waals surface area contributed by atoms with Crippen LogP contribution in [0, 0.1) is 10.1 Å². The lowest BCUT2D eigenvalue weighted by molar-refractivity contribution is -0.384. The van der Waals surface area contributed by atoms with Gasteiger partial charge in [0.15, 0.2) is 0 Å². The van der Waals surface area contributed by atoms with E-state index in [2.05, 4.69) is 5.32 Å². The van der Waals surface area contributed by atoms with Crippen molar-refractivity contribution in [1.82, 2.24) is 0 Å². The Kier molecular flexibility index (Phi) is 5.34. The molecule has 0 heterocycles. The lowest BCUT2D eigenvalue weighted by Crippen LogP contribution is -2.14. The van der Waals surface area contributed by atoms with Crippen LogP contribution in [0.4, 0.5) is 11.4 Å². The van der Waals surface area contributed by atoms with Crippen LogP contribution in [0.2, 0.25) is 0 Å². The molecule has 0 bridgehead atoms. The van der Waals surface area contributed by atoms with Gasteiger partial charge in [-0.2, -0.15) is 0 Å². The molecule has 0 radical (unpaired) electrons. The number of thioether (sulfide) groups is 1. The second-order valence-corrected chi connectivity index (χ2v) is 5.32. The Labute approximate surface area is 126 Å². The summed E-state index contributed by atoms with van der Waals surface area (Å²) >= 11 is 1.50. The van der Waals surface area contributed by atoms with Gasteiger partial charge in [0.05, 0.1) is 10.7 Å². The van der Waals surface area contributed by atoms with Gasteiger partial charge in [-0.3, -0.25) is 14.9 Å². The summed E-state index contributed by atoms with van der Waals surface area (Å²) in [6.07, 6.45) is 0. The molecule has 1 amide bonds. The minimum atomic E-state index is -0.486. The molecule has 2 rings (SSSR count). The highest BCUT2D eigenvalue weighted by Gasteiger charge is 2.08. The number of benzene rings is 2. The molecule has 5 nitrogen and oxygen atoms in total. The van der Waals surface area contributed by atoms with Crippen LogP contribution in [0.15, 0.2) is 54.6 Å². The summed E-state index contributed by atoms with van der Waals surface area (Å²) < 4.78 is 0. The van der Waals surface area contributed by atoms with Gasteiger partial charge >= 0.3 is 0 Å². The zero-order chi connectivity index (χ0) is 15.1. The lowest BCUT2D eigenvalue weighted by atomic mass is 10.2. The maximum absolute atomic E-state index is 11.8. The van der Waals surface area contributed by atoms with Crippen LogP contribution >= 0.6 is 11.8 Å². The molecule has 108 valence electrons. The average molecular weight is 302 g/mol. The molecule has 2 aromatic carbocycles. The van der Waals surface area contributed by atoms with Gasteiger partial charge in [0.2, 0.25) is 5.91 Å². The molecule has 0 fully saturated rings. The molecule has 2 aromatic rings. The molecule has 0 aliphatic rings. The first-order valence-corrected chi connectivity index (χ1v) is 7.46. The van der Waals surface area contributed by atoms with Crippen LogP contribution in [-0.4, -0.2) is 16.6 Å². The van der Waals surface area contributed by atoms with Crippen molar-refractivity contribution in [3.05, 3.63) is 70.3 Å². The Hall–Kier alpha value is -2.34. The van der Waals surface area contributed by atoms with Crippen molar-refractivity contribution in [2.75, 3.05) is 11.1 Å². The number of nitrogens with one attached hydrogen (secondary N) is 1. The zero-order valence-corrected chi connectivity index (χ0v) is 12.0. The number of rotatable bonds is 6. The van der Waals surface area contributed by atoms with Crippen molar-refractivity contribution in [3.63, 3.8) is 0 Å². The number of hydrogen-bond acceptors (Lipinski definition) is 4. The van der Waals surface area contributed by atoms with Crippen molar-refractivity contribution in [3.8, 4) is 0 Å². The molecule has 6 heteroatoms. The van der Waals surface area contributed by atoms with Crippen molar-refractivity contribution >= 4 is 29.0 Å². The van der Waals surface area contributed by atoms with Gasteiger partial charge in [-0.05, 0) is 11.6 Å². The molecule has 0 saturated carbocycles. The summed E-state index contributed by atoms with van der Waals surface area (Å²) in [7, 11) is 0. The van der Waals surface area contributed by atoms with Crippen LogP contribution in [0.25, 0.3) is 0 Å². The first kappa shape index (κ1) is 15.1. The van der Waals surface area contributed by atoms with Gasteiger partial charge < -0.3 is 5.32 Å². The highest BCUT2D eigenvalue weighted by atomic mass is 32.2. The van der Waals surface area contributed by atoms with Crippen LogP contribution in [0.3, 0.4) is 0 Å². The molecule has 0 unspecified atom stereocenters. The van der Waals surface area contributed by atoms with Gasteiger partial charge in [-0.25, -0.2) is 0 Å². The minimum absolute atomic E-state index is 0.0373. The Morgan fingerprint density at radius 1 is 1.14 bits per heavy atom. The van der Waals surface area contributed by atoms with E-state index in [1.807, 2.05) is 30.3 Å². The number of hydrogen-bond donors (Lipinski definition) is 1. The Balaban J connectivity index is 1.82. The number of carbonyl (C=O) groups is 1. The molecule has 1 N–H and O–H groups in total. The van der Waals surface area contributed by atoms with Crippen molar-refractivity contribution < 1.29 is 9.72 Å². The van der Waals surface area contributed by atoms with Crippen LogP contribution in [0.5, 0.6) is 0 Å². The predicted molar refractivity (Wildman–Crippen MR) is 84.3 cm³/mol. The highest BCUT2D eigenvalue weighted by molar-refractivity contribution is 7.99. The summed E-state index contributed by atoms with van der Waals surface area (Å²) in [5.74, 6) is 0.886. The summed E-state index contributed by atoms with van der Waals surface area (Å²) in [4.78, 5) is 22.0.